The van der Waals surface area contributed by atoms with Crippen LogP contribution in [0.5, 0.6) is 0 Å². The lowest BCUT2D eigenvalue weighted by molar-refractivity contribution is -0.140. The van der Waals surface area contributed by atoms with Gasteiger partial charge in [0.2, 0.25) is 0 Å². The highest BCUT2D eigenvalue weighted by Crippen LogP contribution is 2.37. The molecule has 0 amide bonds. The molecule has 11 heteroatoms. The molecule has 168 valence electrons. The zero-order chi connectivity index (χ0) is 22.7. The minimum absolute atomic E-state index is 0.0336. The topological polar surface area (TPSA) is 45.2 Å². The zero-order valence-electron chi connectivity index (χ0n) is 16.7. The highest BCUT2D eigenvalue weighted by atomic mass is 79.9. The Morgan fingerprint density at radius 2 is 1.94 bits per heavy atom. The van der Waals surface area contributed by atoms with Crippen molar-refractivity contribution in [3.05, 3.63) is 70.8 Å². The van der Waals surface area contributed by atoms with Gasteiger partial charge in [-0.1, -0.05) is 39.7 Å². The van der Waals surface area contributed by atoms with Gasteiger partial charge in [0, 0.05) is 36.4 Å². The Morgan fingerprint density at radius 3 is 2.69 bits per heavy atom. The van der Waals surface area contributed by atoms with Crippen LogP contribution in [0.1, 0.15) is 17.1 Å². The van der Waals surface area contributed by atoms with Crippen LogP contribution in [0.2, 0.25) is 5.02 Å². The van der Waals surface area contributed by atoms with Crippen LogP contribution in [0, 0.1) is 0 Å². The fraction of sp³-hybridized carbons (Fsp3) is 0.286. The maximum atomic E-state index is 13.3. The first kappa shape index (κ1) is 23.4. The predicted molar refractivity (Wildman–Crippen MR) is 122 cm³/mol. The number of rotatable bonds is 6. The summed E-state index contributed by atoms with van der Waals surface area (Å²) < 4.78 is 41.6. The van der Waals surface area contributed by atoms with Gasteiger partial charge in [0.25, 0.3) is 0 Å². The second-order valence-electron chi connectivity index (χ2n) is 7.15. The number of aromatic nitrogens is 3. The minimum atomic E-state index is -4.43. The third kappa shape index (κ3) is 5.79. The van der Waals surface area contributed by atoms with Crippen molar-refractivity contribution in [2.45, 2.75) is 23.1 Å². The number of hydrogen-bond donors (Lipinski definition) is 0. The fourth-order valence-electron chi connectivity index (χ4n) is 3.34. The molecular formula is C21H18BrClF3N5S. The number of benzene rings is 1. The summed E-state index contributed by atoms with van der Waals surface area (Å²) in [4.78, 5) is 15.2. The van der Waals surface area contributed by atoms with Crippen LogP contribution >= 0.6 is 39.5 Å². The van der Waals surface area contributed by atoms with Gasteiger partial charge in [-0.2, -0.15) is 13.2 Å². The largest absolute Gasteiger partial charge is 0.419 e. The molecule has 1 aromatic carbocycles. The van der Waals surface area contributed by atoms with Crippen LogP contribution in [-0.4, -0.2) is 43.9 Å². The number of alkyl halides is 4. The first-order valence-electron chi connectivity index (χ1n) is 9.68. The van der Waals surface area contributed by atoms with Crippen molar-refractivity contribution >= 4 is 39.5 Å². The second-order valence-corrected chi connectivity index (χ2v) is 9.23. The number of nitrogens with zero attached hydrogens (tertiary/aromatic N) is 5. The Kier molecular flexibility index (Phi) is 7.36. The molecule has 1 saturated heterocycles. The van der Waals surface area contributed by atoms with Crippen molar-refractivity contribution in [3.8, 4) is 11.3 Å². The Bertz CT molecular complexity index is 1100. The highest BCUT2D eigenvalue weighted by molar-refractivity contribution is 9.08. The molecule has 0 aliphatic carbocycles. The first-order chi connectivity index (χ1) is 15.3. The maximum Gasteiger partial charge on any atom is 0.419 e. The smallest absolute Gasteiger partial charge is 0.283 e. The van der Waals surface area contributed by atoms with Crippen LogP contribution in [0.3, 0.4) is 0 Å². The third-order valence-corrected chi connectivity index (χ3v) is 6.56. The van der Waals surface area contributed by atoms with Gasteiger partial charge in [-0.3, -0.25) is 4.90 Å². The standard InChI is InChI=1S/C21H18BrClF3N5S/c22-11-19-28-16(10-18(29-19)14-3-1-4-15(23)9-14)12-30-7-8-31(13-30)32-20-17(21(24,25)26)5-2-6-27-20/h1-6,9-10H,7-8,11-13H2. The van der Waals surface area contributed by atoms with E-state index in [1.54, 1.807) is 6.07 Å². The summed E-state index contributed by atoms with van der Waals surface area (Å²) in [5.74, 6) is 0.659. The normalized spacial score (nSPS) is 15.4. The summed E-state index contributed by atoms with van der Waals surface area (Å²) in [6.45, 7) is 2.39. The third-order valence-electron chi connectivity index (χ3n) is 4.77. The molecule has 3 heterocycles. The van der Waals surface area contributed by atoms with Gasteiger partial charge in [0.1, 0.15) is 10.9 Å². The summed E-state index contributed by atoms with van der Waals surface area (Å²) in [7, 11) is 0. The molecule has 5 nitrogen and oxygen atoms in total. The molecule has 0 unspecified atom stereocenters. The summed E-state index contributed by atoms with van der Waals surface area (Å²) in [5, 5.41) is 1.10. The molecule has 0 bridgehead atoms. The molecule has 0 spiro atoms. The summed E-state index contributed by atoms with van der Waals surface area (Å²) in [6, 6.07) is 11.8. The Balaban J connectivity index is 1.47. The molecule has 4 rings (SSSR count). The summed E-state index contributed by atoms with van der Waals surface area (Å²) in [5.41, 5.74) is 1.80. The van der Waals surface area contributed by atoms with E-state index in [-0.39, 0.29) is 5.03 Å². The van der Waals surface area contributed by atoms with Gasteiger partial charge in [0.15, 0.2) is 0 Å². The zero-order valence-corrected chi connectivity index (χ0v) is 19.8. The molecule has 0 saturated carbocycles. The molecule has 32 heavy (non-hydrogen) atoms. The van der Waals surface area contributed by atoms with Gasteiger partial charge in [-0.05, 0) is 42.3 Å². The van der Waals surface area contributed by atoms with E-state index >= 15 is 0 Å². The second kappa shape index (κ2) is 10.0. The lowest BCUT2D eigenvalue weighted by Gasteiger charge is -2.18. The van der Waals surface area contributed by atoms with Crippen molar-refractivity contribution in [3.63, 3.8) is 0 Å². The quantitative estimate of drug-likeness (QED) is 0.285. The van der Waals surface area contributed by atoms with Crippen LogP contribution < -0.4 is 0 Å². The first-order valence-corrected chi connectivity index (χ1v) is 12.0. The summed E-state index contributed by atoms with van der Waals surface area (Å²) >= 11 is 10.6. The van der Waals surface area contributed by atoms with Crippen LogP contribution in [0.15, 0.2) is 53.7 Å². The monoisotopic (exact) mass is 543 g/mol. The van der Waals surface area contributed by atoms with Gasteiger partial charge < -0.3 is 0 Å². The van der Waals surface area contributed by atoms with Crippen LogP contribution in [0.4, 0.5) is 13.2 Å². The summed E-state index contributed by atoms with van der Waals surface area (Å²) in [6.07, 6.45) is -3.05. The van der Waals surface area contributed by atoms with E-state index in [1.807, 2.05) is 28.6 Å². The molecule has 0 N–H and O–H groups in total. The van der Waals surface area contributed by atoms with Gasteiger partial charge in [-0.15, -0.1) is 0 Å². The number of pyridine rings is 1. The van der Waals surface area contributed by atoms with Gasteiger partial charge in [-0.25, -0.2) is 19.3 Å². The molecule has 1 aliphatic heterocycles. The lowest BCUT2D eigenvalue weighted by atomic mass is 10.1. The molecule has 1 fully saturated rings. The molecule has 0 atom stereocenters. The molecular weight excluding hydrogens is 527 g/mol. The van der Waals surface area contributed by atoms with Crippen LogP contribution in [0.25, 0.3) is 11.3 Å². The Hall–Kier alpha value is -1.72. The average molecular weight is 545 g/mol. The van der Waals surface area contributed by atoms with Crippen LogP contribution in [-0.2, 0) is 18.1 Å². The van der Waals surface area contributed by atoms with E-state index in [0.717, 1.165) is 35.0 Å². The molecule has 0 radical (unpaired) electrons. The van der Waals surface area contributed by atoms with E-state index in [4.69, 9.17) is 11.6 Å². The van der Waals surface area contributed by atoms with E-state index in [9.17, 15) is 13.2 Å². The SMILES string of the molecule is FC(F)(F)c1cccnc1SN1CCN(Cc2cc(-c3cccc(Cl)c3)nc(CBr)n2)C1. The lowest BCUT2D eigenvalue weighted by Crippen LogP contribution is -2.23. The molecule has 3 aromatic rings. The average Bonchev–Trinajstić information content (AvgIpc) is 3.19. The molecule has 2 aromatic heterocycles. The fourth-order valence-corrected chi connectivity index (χ4v) is 4.81. The highest BCUT2D eigenvalue weighted by Gasteiger charge is 2.35. The minimum Gasteiger partial charge on any atom is -0.283 e. The number of halogens is 5. The van der Waals surface area contributed by atoms with Crippen molar-refractivity contribution in [1.82, 2.24) is 24.2 Å². The Labute approximate surface area is 201 Å². The van der Waals surface area contributed by atoms with E-state index < -0.39 is 11.7 Å². The Morgan fingerprint density at radius 1 is 1.09 bits per heavy atom. The van der Waals surface area contributed by atoms with Crippen molar-refractivity contribution < 1.29 is 13.2 Å². The van der Waals surface area contributed by atoms with E-state index in [0.29, 0.717) is 42.5 Å². The van der Waals surface area contributed by atoms with E-state index in [2.05, 4.69) is 35.8 Å². The van der Waals surface area contributed by atoms with Crippen molar-refractivity contribution in [1.29, 1.82) is 0 Å². The molecule has 1 aliphatic rings. The van der Waals surface area contributed by atoms with Gasteiger partial charge in [0.05, 0.1) is 29.0 Å². The van der Waals surface area contributed by atoms with Gasteiger partial charge >= 0.3 is 6.18 Å². The van der Waals surface area contributed by atoms with Crippen molar-refractivity contribution in [2.75, 3.05) is 19.8 Å². The predicted octanol–water partition coefficient (Wildman–Crippen LogP) is 5.89. The number of hydrogen-bond acceptors (Lipinski definition) is 6. The van der Waals surface area contributed by atoms with Crippen molar-refractivity contribution in [2.24, 2.45) is 0 Å². The maximum absolute atomic E-state index is 13.3. The van der Waals surface area contributed by atoms with E-state index in [1.165, 1.54) is 12.3 Å².